The van der Waals surface area contributed by atoms with Crippen molar-refractivity contribution in [1.82, 2.24) is 9.80 Å². The van der Waals surface area contributed by atoms with Crippen molar-refractivity contribution < 1.29 is 14.3 Å². The molecular formula is C38H49ClN4O3. The summed E-state index contributed by atoms with van der Waals surface area (Å²) in [6, 6.07) is 20.7. The topological polar surface area (TPSA) is 48.5 Å². The molecule has 0 spiro atoms. The van der Waals surface area contributed by atoms with Gasteiger partial charge in [-0.2, -0.15) is 0 Å². The van der Waals surface area contributed by atoms with Crippen LogP contribution in [0, 0.1) is 5.92 Å². The number of halogens is 1. The van der Waals surface area contributed by atoms with Gasteiger partial charge in [0.25, 0.3) is 0 Å². The third-order valence-corrected chi connectivity index (χ3v) is 10.4. The zero-order valence-electron chi connectivity index (χ0n) is 28.0. The number of hydrogen-bond donors (Lipinski definition) is 0. The quantitative estimate of drug-likeness (QED) is 0.249. The molecule has 3 aromatic rings. The predicted octanol–water partition coefficient (Wildman–Crippen LogP) is 7.06. The Labute approximate surface area is 280 Å². The lowest BCUT2D eigenvalue weighted by Crippen LogP contribution is -2.50. The molecule has 1 amide bonds. The Morgan fingerprint density at radius 3 is 2.22 bits per heavy atom. The number of piperazine rings is 1. The van der Waals surface area contributed by atoms with Crippen molar-refractivity contribution in [1.29, 1.82) is 0 Å². The Morgan fingerprint density at radius 2 is 1.59 bits per heavy atom. The minimum Gasteiger partial charge on any atom is -0.493 e. The molecule has 3 aliphatic rings. The molecule has 3 aromatic carbocycles. The van der Waals surface area contributed by atoms with Crippen LogP contribution in [0.1, 0.15) is 62.3 Å². The van der Waals surface area contributed by atoms with Crippen LogP contribution in [-0.4, -0.2) is 81.8 Å². The molecule has 2 fully saturated rings. The molecule has 1 saturated carbocycles. The summed E-state index contributed by atoms with van der Waals surface area (Å²) in [7, 11) is 6.07. The summed E-state index contributed by atoms with van der Waals surface area (Å²) >= 11 is 6.29. The maximum atomic E-state index is 13.9. The first kappa shape index (κ1) is 32.7. The number of carbonyl (C=O) groups excluding carboxylic acids is 1. The summed E-state index contributed by atoms with van der Waals surface area (Å²) in [6.45, 7) is 9.87. The van der Waals surface area contributed by atoms with Gasteiger partial charge in [-0.05, 0) is 118 Å². The minimum atomic E-state index is -0.326. The number of anilines is 2. The molecule has 246 valence electrons. The maximum absolute atomic E-state index is 13.9. The highest BCUT2D eigenvalue weighted by atomic mass is 35.5. The summed E-state index contributed by atoms with van der Waals surface area (Å²) < 4.78 is 11.8. The average molecular weight is 645 g/mol. The number of likely N-dealkylation sites (N-methyl/N-ethyl adjacent to an activating group) is 1. The largest absolute Gasteiger partial charge is 0.493 e. The Morgan fingerprint density at radius 1 is 0.913 bits per heavy atom. The standard InChI is InChI=1S/C38H49ClN4O3/c1-26(2)46-36-24-34-29(22-35(36)45-5)23-37(44)43(38(34)28-8-10-30(39)11-9-28)33-16-14-31(15-17-33)41(4)25-27-6-12-32(13-7-27)42-20-18-40(3)19-21-42/h8-11,14-17,22,24,26-27,32,38H,6-7,12-13,18-21,23,25H2,1-5H3/t27-,32-,38?. The monoisotopic (exact) mass is 644 g/mol. The van der Waals surface area contributed by atoms with E-state index in [2.05, 4.69) is 53.1 Å². The van der Waals surface area contributed by atoms with E-state index in [1.807, 2.05) is 55.1 Å². The van der Waals surface area contributed by atoms with E-state index in [9.17, 15) is 4.79 Å². The number of rotatable bonds is 9. The van der Waals surface area contributed by atoms with Crippen LogP contribution in [0.2, 0.25) is 5.02 Å². The van der Waals surface area contributed by atoms with Gasteiger partial charge in [-0.15, -0.1) is 0 Å². The number of ether oxygens (including phenoxy) is 2. The van der Waals surface area contributed by atoms with E-state index in [4.69, 9.17) is 21.1 Å². The normalized spacial score (nSPS) is 22.5. The molecule has 1 saturated heterocycles. The maximum Gasteiger partial charge on any atom is 0.232 e. The molecule has 6 rings (SSSR count). The Kier molecular flexibility index (Phi) is 10.1. The second-order valence-corrected chi connectivity index (χ2v) is 14.1. The third-order valence-electron chi connectivity index (χ3n) is 10.1. The molecule has 2 heterocycles. The van der Waals surface area contributed by atoms with Gasteiger partial charge in [-0.3, -0.25) is 9.69 Å². The Hall–Kier alpha value is -3.26. The van der Waals surface area contributed by atoms with Gasteiger partial charge in [0, 0.05) is 62.2 Å². The van der Waals surface area contributed by atoms with E-state index in [0.717, 1.165) is 35.0 Å². The highest BCUT2D eigenvalue weighted by Crippen LogP contribution is 2.44. The lowest BCUT2D eigenvalue weighted by atomic mass is 9.84. The fourth-order valence-corrected chi connectivity index (χ4v) is 7.69. The number of methoxy groups -OCH3 is 1. The first-order chi connectivity index (χ1) is 22.2. The van der Waals surface area contributed by atoms with Crippen LogP contribution in [0.3, 0.4) is 0 Å². The van der Waals surface area contributed by atoms with Gasteiger partial charge in [0.15, 0.2) is 11.5 Å². The van der Waals surface area contributed by atoms with Gasteiger partial charge in [0.1, 0.15) is 0 Å². The minimum absolute atomic E-state index is 0.0150. The van der Waals surface area contributed by atoms with Crippen molar-refractivity contribution >= 4 is 28.9 Å². The molecule has 46 heavy (non-hydrogen) atoms. The molecule has 1 aliphatic carbocycles. The molecule has 1 unspecified atom stereocenters. The number of hydrogen-bond acceptors (Lipinski definition) is 6. The molecular weight excluding hydrogens is 596 g/mol. The highest BCUT2D eigenvalue weighted by molar-refractivity contribution is 6.30. The highest BCUT2D eigenvalue weighted by Gasteiger charge is 2.36. The van der Waals surface area contributed by atoms with Crippen LogP contribution in [0.15, 0.2) is 60.7 Å². The van der Waals surface area contributed by atoms with Gasteiger partial charge in [0.2, 0.25) is 5.91 Å². The molecule has 7 nitrogen and oxygen atoms in total. The van der Waals surface area contributed by atoms with Crippen LogP contribution in [-0.2, 0) is 11.2 Å². The summed E-state index contributed by atoms with van der Waals surface area (Å²) in [6.07, 6.45) is 5.46. The number of nitrogens with zero attached hydrogens (tertiary/aromatic N) is 4. The molecule has 2 aliphatic heterocycles. The molecule has 1 atom stereocenters. The number of benzene rings is 3. The zero-order valence-corrected chi connectivity index (χ0v) is 28.8. The zero-order chi connectivity index (χ0) is 32.4. The number of amides is 1. The molecule has 8 heteroatoms. The van der Waals surface area contributed by atoms with Crippen LogP contribution in [0.5, 0.6) is 11.5 Å². The SMILES string of the molecule is COc1cc2c(cc1OC(C)C)C(c1ccc(Cl)cc1)N(c1ccc(N(C)C[C@H]3CC[C@H](N4CCN(C)CC4)CC3)cc1)C(=O)C2. The van der Waals surface area contributed by atoms with Gasteiger partial charge in [-0.1, -0.05) is 23.7 Å². The molecule has 0 bridgehead atoms. The van der Waals surface area contributed by atoms with Crippen molar-refractivity contribution in [3.05, 3.63) is 82.4 Å². The van der Waals surface area contributed by atoms with Crippen molar-refractivity contribution in [3.8, 4) is 11.5 Å². The van der Waals surface area contributed by atoms with Crippen molar-refractivity contribution in [2.45, 2.75) is 64.1 Å². The smallest absolute Gasteiger partial charge is 0.232 e. The van der Waals surface area contributed by atoms with Crippen LogP contribution in [0.4, 0.5) is 11.4 Å². The average Bonchev–Trinajstić information content (AvgIpc) is 3.05. The predicted molar refractivity (Wildman–Crippen MR) is 188 cm³/mol. The van der Waals surface area contributed by atoms with Gasteiger partial charge >= 0.3 is 0 Å². The van der Waals surface area contributed by atoms with E-state index < -0.39 is 0 Å². The first-order valence-electron chi connectivity index (χ1n) is 16.9. The van der Waals surface area contributed by atoms with E-state index in [1.54, 1.807) is 7.11 Å². The lowest BCUT2D eigenvalue weighted by Gasteiger charge is -2.41. The fraction of sp³-hybridized carbons (Fsp3) is 0.500. The van der Waals surface area contributed by atoms with Gasteiger partial charge < -0.3 is 24.2 Å². The molecule has 0 aromatic heterocycles. The summed E-state index contributed by atoms with van der Waals surface area (Å²) in [5.41, 5.74) is 5.03. The summed E-state index contributed by atoms with van der Waals surface area (Å²) in [5.74, 6) is 2.08. The first-order valence-corrected chi connectivity index (χ1v) is 17.3. The van der Waals surface area contributed by atoms with Gasteiger partial charge in [-0.25, -0.2) is 0 Å². The van der Waals surface area contributed by atoms with E-state index in [0.29, 0.717) is 22.4 Å². The Bertz CT molecular complexity index is 1480. The van der Waals surface area contributed by atoms with Crippen LogP contribution in [0.25, 0.3) is 0 Å². The lowest BCUT2D eigenvalue weighted by molar-refractivity contribution is -0.118. The van der Waals surface area contributed by atoms with E-state index in [-0.39, 0.29) is 24.5 Å². The van der Waals surface area contributed by atoms with E-state index >= 15 is 0 Å². The van der Waals surface area contributed by atoms with Crippen LogP contribution >= 0.6 is 11.6 Å². The van der Waals surface area contributed by atoms with Crippen molar-refractivity contribution in [3.63, 3.8) is 0 Å². The fourth-order valence-electron chi connectivity index (χ4n) is 7.57. The van der Waals surface area contributed by atoms with Crippen molar-refractivity contribution in [2.75, 3.05) is 63.7 Å². The summed E-state index contributed by atoms with van der Waals surface area (Å²) in [4.78, 5) is 23.4. The third kappa shape index (κ3) is 7.17. The second kappa shape index (κ2) is 14.2. The van der Waals surface area contributed by atoms with Crippen molar-refractivity contribution in [2.24, 2.45) is 5.92 Å². The summed E-state index contributed by atoms with van der Waals surface area (Å²) in [5, 5.41) is 0.663. The van der Waals surface area contributed by atoms with E-state index in [1.165, 1.54) is 57.5 Å². The molecule has 0 N–H and O–H groups in total. The van der Waals surface area contributed by atoms with Gasteiger partial charge in [0.05, 0.1) is 25.7 Å². The Balaban J connectivity index is 1.20. The van der Waals surface area contributed by atoms with Crippen LogP contribution < -0.4 is 19.3 Å². The number of fused-ring (bicyclic) bond motifs is 1. The second-order valence-electron chi connectivity index (χ2n) is 13.7. The number of carbonyl (C=O) groups is 1. The molecule has 0 radical (unpaired) electrons.